The maximum atomic E-state index is 11.2. The predicted molar refractivity (Wildman–Crippen MR) is 59.0 cm³/mol. The van der Waals surface area contributed by atoms with E-state index >= 15 is 0 Å². The minimum Gasteiger partial charge on any atom is -0.358 e. The molecule has 0 aliphatic rings. The summed E-state index contributed by atoms with van der Waals surface area (Å²) in [5, 5.41) is 2.74. The number of amides is 1. The summed E-state index contributed by atoms with van der Waals surface area (Å²) < 4.78 is 0. The normalized spacial score (nSPS) is 9.80. The topological polar surface area (TPSA) is 58.1 Å². The number of likely N-dealkylation sites (N-methyl/N-ethyl adjacent to an activating group) is 2. The Bertz CT molecular complexity index is 345. The molecule has 1 amide bonds. The average Bonchev–Trinajstić information content (AvgIpc) is 2.25. The molecule has 0 bridgehead atoms. The third-order valence-electron chi connectivity index (χ3n) is 1.93. The first kappa shape index (κ1) is 11.7. The zero-order chi connectivity index (χ0) is 11.3. The van der Waals surface area contributed by atoms with E-state index in [2.05, 4.69) is 15.3 Å². The lowest BCUT2D eigenvalue weighted by Crippen LogP contribution is -2.36. The number of rotatable bonds is 4. The van der Waals surface area contributed by atoms with Crippen LogP contribution >= 0.6 is 11.6 Å². The van der Waals surface area contributed by atoms with Crippen LogP contribution in [-0.2, 0) is 4.79 Å². The number of hydrogen-bond donors (Lipinski definition) is 1. The molecule has 1 N–H and O–H groups in total. The average molecular weight is 229 g/mol. The quantitative estimate of drug-likeness (QED) is 0.771. The van der Waals surface area contributed by atoms with Gasteiger partial charge in [-0.3, -0.25) is 4.79 Å². The second kappa shape index (κ2) is 5.50. The highest BCUT2D eigenvalue weighted by molar-refractivity contribution is 6.28. The summed E-state index contributed by atoms with van der Waals surface area (Å²) >= 11 is 5.67. The fraction of sp³-hybridized carbons (Fsp3) is 0.444. The first-order valence-electron chi connectivity index (χ1n) is 4.61. The second-order valence-electron chi connectivity index (χ2n) is 2.87. The Balaban J connectivity index is 2.78. The molecule has 0 aromatic carbocycles. The molecule has 0 radical (unpaired) electrons. The number of carbonyl (C=O) groups is 1. The lowest BCUT2D eigenvalue weighted by atomic mass is 10.4. The van der Waals surface area contributed by atoms with E-state index in [0.717, 1.165) is 0 Å². The predicted octanol–water partition coefficient (Wildman–Crippen LogP) is 0.702. The fourth-order valence-corrected chi connectivity index (χ4v) is 1.25. The highest BCUT2D eigenvalue weighted by Gasteiger charge is 2.10. The van der Waals surface area contributed by atoms with Gasteiger partial charge < -0.3 is 10.2 Å². The number of halogens is 1. The number of nitrogens with zero attached hydrogens (tertiary/aromatic N) is 3. The third kappa shape index (κ3) is 3.36. The van der Waals surface area contributed by atoms with E-state index in [9.17, 15) is 4.79 Å². The van der Waals surface area contributed by atoms with E-state index in [1.54, 1.807) is 19.3 Å². The summed E-state index contributed by atoms with van der Waals surface area (Å²) in [7, 11) is 1.60. The van der Waals surface area contributed by atoms with Crippen molar-refractivity contribution < 1.29 is 4.79 Å². The molecule has 1 aromatic heterocycles. The maximum Gasteiger partial charge on any atom is 0.239 e. The van der Waals surface area contributed by atoms with Gasteiger partial charge in [0.15, 0.2) is 0 Å². The van der Waals surface area contributed by atoms with Gasteiger partial charge in [-0.05, 0) is 24.6 Å². The summed E-state index contributed by atoms with van der Waals surface area (Å²) in [4.78, 5) is 20.8. The second-order valence-corrected chi connectivity index (χ2v) is 3.21. The van der Waals surface area contributed by atoms with Gasteiger partial charge in [-0.25, -0.2) is 9.97 Å². The minimum atomic E-state index is -0.0633. The lowest BCUT2D eigenvalue weighted by molar-refractivity contribution is -0.119. The van der Waals surface area contributed by atoms with Crippen LogP contribution in [0.15, 0.2) is 12.3 Å². The van der Waals surface area contributed by atoms with E-state index in [1.165, 1.54) is 0 Å². The van der Waals surface area contributed by atoms with Crippen LogP contribution in [0.25, 0.3) is 0 Å². The van der Waals surface area contributed by atoms with Crippen molar-refractivity contribution in [1.82, 2.24) is 15.3 Å². The molecule has 5 nitrogen and oxygen atoms in total. The highest BCUT2D eigenvalue weighted by atomic mass is 35.5. The summed E-state index contributed by atoms with van der Waals surface area (Å²) in [6, 6.07) is 1.72. The zero-order valence-corrected chi connectivity index (χ0v) is 9.45. The Hall–Kier alpha value is -1.36. The van der Waals surface area contributed by atoms with E-state index in [0.29, 0.717) is 12.4 Å². The first-order valence-corrected chi connectivity index (χ1v) is 4.99. The smallest absolute Gasteiger partial charge is 0.239 e. The SMILES string of the molecule is CCN(CC(=O)NC)c1ccnc(Cl)n1. The van der Waals surface area contributed by atoms with E-state index in [-0.39, 0.29) is 17.7 Å². The molecule has 0 saturated carbocycles. The molecule has 0 aliphatic carbocycles. The van der Waals surface area contributed by atoms with Crippen molar-refractivity contribution in [3.05, 3.63) is 17.5 Å². The summed E-state index contributed by atoms with van der Waals surface area (Å²) in [6.45, 7) is 2.89. The molecule has 0 fully saturated rings. The number of hydrogen-bond acceptors (Lipinski definition) is 4. The van der Waals surface area contributed by atoms with Crippen molar-refractivity contribution in [2.45, 2.75) is 6.92 Å². The number of nitrogens with one attached hydrogen (secondary N) is 1. The van der Waals surface area contributed by atoms with Crippen LogP contribution in [0, 0.1) is 0 Å². The van der Waals surface area contributed by atoms with E-state index in [1.807, 2.05) is 11.8 Å². The molecule has 1 aromatic rings. The van der Waals surface area contributed by atoms with Gasteiger partial charge >= 0.3 is 0 Å². The van der Waals surface area contributed by atoms with Crippen molar-refractivity contribution >= 4 is 23.3 Å². The van der Waals surface area contributed by atoms with Crippen molar-refractivity contribution in [3.8, 4) is 0 Å². The number of aromatic nitrogens is 2. The highest BCUT2D eigenvalue weighted by Crippen LogP contribution is 2.11. The van der Waals surface area contributed by atoms with Crippen LogP contribution < -0.4 is 10.2 Å². The Morgan fingerprint density at radius 1 is 1.67 bits per heavy atom. The van der Waals surface area contributed by atoms with Crippen LogP contribution in [0.3, 0.4) is 0 Å². The van der Waals surface area contributed by atoms with Crippen molar-refractivity contribution in [2.75, 3.05) is 25.0 Å². The van der Waals surface area contributed by atoms with Crippen LogP contribution in [0.5, 0.6) is 0 Å². The molecule has 0 spiro atoms. The molecular weight excluding hydrogens is 216 g/mol. The first-order chi connectivity index (χ1) is 7.17. The van der Waals surface area contributed by atoms with Crippen molar-refractivity contribution in [1.29, 1.82) is 0 Å². The van der Waals surface area contributed by atoms with Crippen LogP contribution in [-0.4, -0.2) is 36.0 Å². The number of anilines is 1. The van der Waals surface area contributed by atoms with Crippen LogP contribution in [0.4, 0.5) is 5.82 Å². The van der Waals surface area contributed by atoms with E-state index in [4.69, 9.17) is 11.6 Å². The molecule has 0 unspecified atom stereocenters. The molecule has 15 heavy (non-hydrogen) atoms. The fourth-order valence-electron chi connectivity index (χ4n) is 1.11. The molecule has 0 atom stereocenters. The molecule has 1 rings (SSSR count). The monoisotopic (exact) mass is 228 g/mol. The Morgan fingerprint density at radius 3 is 2.93 bits per heavy atom. The standard InChI is InChI=1S/C9H13ClN4O/c1-3-14(6-8(15)11-2)7-4-5-12-9(10)13-7/h4-5H,3,6H2,1-2H3,(H,11,15). The Kier molecular flexibility index (Phi) is 4.30. The Morgan fingerprint density at radius 2 is 2.40 bits per heavy atom. The molecule has 6 heteroatoms. The summed E-state index contributed by atoms with van der Waals surface area (Å²) in [5.74, 6) is 0.590. The molecule has 0 saturated heterocycles. The zero-order valence-electron chi connectivity index (χ0n) is 8.70. The van der Waals surface area contributed by atoms with Gasteiger partial charge in [-0.2, -0.15) is 0 Å². The third-order valence-corrected chi connectivity index (χ3v) is 2.11. The summed E-state index contributed by atoms with van der Waals surface area (Å²) in [6.07, 6.45) is 1.57. The van der Waals surface area contributed by atoms with E-state index < -0.39 is 0 Å². The Labute approximate surface area is 93.5 Å². The molecule has 82 valence electrons. The van der Waals surface area contributed by atoms with Crippen molar-refractivity contribution in [2.24, 2.45) is 0 Å². The van der Waals surface area contributed by atoms with Gasteiger partial charge in [0, 0.05) is 19.8 Å². The van der Waals surface area contributed by atoms with Gasteiger partial charge in [0.05, 0.1) is 6.54 Å². The van der Waals surface area contributed by atoms with Gasteiger partial charge in [-0.1, -0.05) is 0 Å². The van der Waals surface area contributed by atoms with Crippen molar-refractivity contribution in [3.63, 3.8) is 0 Å². The van der Waals surface area contributed by atoms with Gasteiger partial charge in [-0.15, -0.1) is 0 Å². The molecule has 1 heterocycles. The van der Waals surface area contributed by atoms with Gasteiger partial charge in [0.25, 0.3) is 0 Å². The number of carbonyl (C=O) groups excluding carboxylic acids is 1. The summed E-state index contributed by atoms with van der Waals surface area (Å²) in [5.41, 5.74) is 0. The molecular formula is C9H13ClN4O. The minimum absolute atomic E-state index is 0.0633. The maximum absolute atomic E-state index is 11.2. The van der Waals surface area contributed by atoms with Gasteiger partial charge in [0.1, 0.15) is 5.82 Å². The molecule has 0 aliphatic heterocycles. The van der Waals surface area contributed by atoms with Crippen LogP contribution in [0.1, 0.15) is 6.92 Å². The van der Waals surface area contributed by atoms with Gasteiger partial charge in [0.2, 0.25) is 11.2 Å². The van der Waals surface area contributed by atoms with Crippen LogP contribution in [0.2, 0.25) is 5.28 Å². The largest absolute Gasteiger partial charge is 0.358 e. The lowest BCUT2D eigenvalue weighted by Gasteiger charge is -2.20.